The van der Waals surface area contributed by atoms with Gasteiger partial charge in [-0.1, -0.05) is 13.8 Å². The van der Waals surface area contributed by atoms with Crippen molar-refractivity contribution in [2.24, 2.45) is 5.92 Å². The van der Waals surface area contributed by atoms with Gasteiger partial charge < -0.3 is 10.2 Å². The van der Waals surface area contributed by atoms with Gasteiger partial charge in [0.05, 0.1) is 5.39 Å². The topological polar surface area (TPSA) is 50.2 Å². The monoisotopic (exact) mass is 346 g/mol. The molecule has 0 amide bonds. The van der Waals surface area contributed by atoms with E-state index in [4.69, 9.17) is 4.98 Å². The molecule has 1 N–H and O–H groups in total. The number of anilines is 1. The van der Waals surface area contributed by atoms with Gasteiger partial charge in [0, 0.05) is 37.6 Å². The summed E-state index contributed by atoms with van der Waals surface area (Å²) in [6.45, 7) is 8.82. The lowest BCUT2D eigenvalue weighted by molar-refractivity contribution is 0.492. The summed E-state index contributed by atoms with van der Waals surface area (Å²) in [4.78, 5) is 23.0. The number of hydrogen-bond acceptors (Lipinski definition) is 5. The average molecular weight is 347 g/mol. The number of nitrogens with zero attached hydrogens (tertiary/aromatic N) is 3. The quantitative estimate of drug-likeness (QED) is 0.927. The van der Waals surface area contributed by atoms with Crippen LogP contribution in [0.25, 0.3) is 10.2 Å². The highest BCUT2D eigenvalue weighted by molar-refractivity contribution is 7.18. The van der Waals surface area contributed by atoms with Crippen LogP contribution in [0.3, 0.4) is 0 Å². The van der Waals surface area contributed by atoms with E-state index in [9.17, 15) is 4.79 Å². The molecule has 0 atom stereocenters. The Hall–Kier alpha value is -1.40. The molecule has 0 bridgehead atoms. The Labute approximate surface area is 146 Å². The minimum absolute atomic E-state index is 0.182. The number of thiophene rings is 1. The van der Waals surface area contributed by atoms with Crippen molar-refractivity contribution in [3.05, 3.63) is 20.8 Å². The summed E-state index contributed by atoms with van der Waals surface area (Å²) in [5.41, 5.74) is 1.48. The number of fused-ring (bicyclic) bond motifs is 3. The summed E-state index contributed by atoms with van der Waals surface area (Å²) in [5, 5.41) is 4.29. The molecule has 5 nitrogen and oxygen atoms in total. The van der Waals surface area contributed by atoms with Crippen LogP contribution < -0.4 is 15.8 Å². The lowest BCUT2D eigenvalue weighted by Gasteiger charge is -2.30. The first-order valence-electron chi connectivity index (χ1n) is 9.16. The molecule has 24 heavy (non-hydrogen) atoms. The Morgan fingerprint density at radius 3 is 2.71 bits per heavy atom. The first kappa shape index (κ1) is 16.1. The van der Waals surface area contributed by atoms with E-state index in [2.05, 4.69) is 24.1 Å². The number of aryl methyl sites for hydroxylation is 2. The first-order valence-corrected chi connectivity index (χ1v) is 9.97. The molecule has 1 aliphatic heterocycles. The molecule has 4 rings (SSSR count). The van der Waals surface area contributed by atoms with Gasteiger partial charge in [0.15, 0.2) is 0 Å². The highest BCUT2D eigenvalue weighted by Gasteiger charge is 2.24. The van der Waals surface area contributed by atoms with E-state index in [1.165, 1.54) is 23.3 Å². The molecule has 130 valence electrons. The normalized spacial score (nSPS) is 18.4. The van der Waals surface area contributed by atoms with Crippen LogP contribution in [0.15, 0.2) is 4.79 Å². The van der Waals surface area contributed by atoms with E-state index in [0.29, 0.717) is 5.92 Å². The zero-order valence-corrected chi connectivity index (χ0v) is 15.4. The summed E-state index contributed by atoms with van der Waals surface area (Å²) >= 11 is 1.75. The standard InChI is InChI=1S/C18H26N4OS/c1-12(2)11-22-17(23)15-13-5-3-4-6-14(13)24-16(15)20-18(22)21-9-7-19-8-10-21/h12,19H,3-11H2,1-2H3. The number of nitrogens with one attached hydrogen (secondary N) is 1. The molecule has 1 saturated heterocycles. The molecule has 0 saturated carbocycles. The highest BCUT2D eigenvalue weighted by Crippen LogP contribution is 2.34. The number of hydrogen-bond donors (Lipinski definition) is 1. The van der Waals surface area contributed by atoms with Crippen LogP contribution in [0, 0.1) is 5.92 Å². The summed E-state index contributed by atoms with van der Waals surface area (Å²) in [6, 6.07) is 0. The van der Waals surface area contributed by atoms with Crippen molar-refractivity contribution in [2.75, 3.05) is 31.1 Å². The SMILES string of the molecule is CC(C)Cn1c(N2CCNCC2)nc2sc3c(c2c1=O)CCCC3. The van der Waals surface area contributed by atoms with Gasteiger partial charge in [0.25, 0.3) is 5.56 Å². The average Bonchev–Trinajstić information content (AvgIpc) is 2.96. The summed E-state index contributed by atoms with van der Waals surface area (Å²) in [5.74, 6) is 1.30. The molecular formula is C18H26N4OS. The minimum Gasteiger partial charge on any atom is -0.340 e. The third-order valence-corrected chi connectivity index (χ3v) is 6.19. The van der Waals surface area contributed by atoms with Crippen LogP contribution in [0.2, 0.25) is 0 Å². The third kappa shape index (κ3) is 2.75. The minimum atomic E-state index is 0.182. The maximum absolute atomic E-state index is 13.3. The van der Waals surface area contributed by atoms with Crippen LogP contribution in [0.5, 0.6) is 0 Å². The van der Waals surface area contributed by atoms with Crippen molar-refractivity contribution in [1.82, 2.24) is 14.9 Å². The fourth-order valence-corrected chi connectivity index (χ4v) is 5.11. The molecule has 6 heteroatoms. The van der Waals surface area contributed by atoms with Crippen molar-refractivity contribution in [2.45, 2.75) is 46.1 Å². The van der Waals surface area contributed by atoms with Gasteiger partial charge in [-0.25, -0.2) is 4.98 Å². The summed E-state index contributed by atoms with van der Waals surface area (Å²) < 4.78 is 1.94. The lowest BCUT2D eigenvalue weighted by Crippen LogP contribution is -2.46. The second-order valence-corrected chi connectivity index (χ2v) is 8.43. The van der Waals surface area contributed by atoms with Crippen LogP contribution >= 0.6 is 11.3 Å². The molecule has 1 fully saturated rings. The molecule has 0 unspecified atom stereocenters. The van der Waals surface area contributed by atoms with Crippen molar-refractivity contribution in [3.63, 3.8) is 0 Å². The summed E-state index contributed by atoms with van der Waals surface area (Å²) in [6.07, 6.45) is 4.59. The van der Waals surface area contributed by atoms with Gasteiger partial charge in [0.1, 0.15) is 4.83 Å². The van der Waals surface area contributed by atoms with Crippen LogP contribution in [-0.4, -0.2) is 35.7 Å². The Kier molecular flexibility index (Phi) is 4.35. The molecule has 0 radical (unpaired) electrons. The lowest BCUT2D eigenvalue weighted by atomic mass is 9.97. The predicted molar refractivity (Wildman–Crippen MR) is 100 cm³/mol. The fourth-order valence-electron chi connectivity index (χ4n) is 3.86. The second kappa shape index (κ2) is 6.48. The summed E-state index contributed by atoms with van der Waals surface area (Å²) in [7, 11) is 0. The van der Waals surface area contributed by atoms with E-state index in [1.807, 2.05) is 4.57 Å². The van der Waals surface area contributed by atoms with E-state index < -0.39 is 0 Å². The maximum atomic E-state index is 13.3. The molecule has 0 aromatic carbocycles. The number of aromatic nitrogens is 2. The maximum Gasteiger partial charge on any atom is 0.263 e. The van der Waals surface area contributed by atoms with Gasteiger partial charge in [-0.2, -0.15) is 0 Å². The Morgan fingerprint density at radius 2 is 1.96 bits per heavy atom. The smallest absolute Gasteiger partial charge is 0.263 e. The van der Waals surface area contributed by atoms with Crippen molar-refractivity contribution in [3.8, 4) is 0 Å². The van der Waals surface area contributed by atoms with Gasteiger partial charge >= 0.3 is 0 Å². The number of rotatable bonds is 3. The largest absolute Gasteiger partial charge is 0.340 e. The van der Waals surface area contributed by atoms with Crippen LogP contribution in [-0.2, 0) is 19.4 Å². The van der Waals surface area contributed by atoms with Crippen LogP contribution in [0.1, 0.15) is 37.1 Å². The van der Waals surface area contributed by atoms with Crippen molar-refractivity contribution < 1.29 is 0 Å². The Morgan fingerprint density at radius 1 is 1.21 bits per heavy atom. The number of piperazine rings is 1. The Bertz CT molecular complexity index is 801. The van der Waals surface area contributed by atoms with Gasteiger partial charge in [-0.05, 0) is 37.2 Å². The van der Waals surface area contributed by atoms with Gasteiger partial charge in [-0.15, -0.1) is 11.3 Å². The fraction of sp³-hybridized carbons (Fsp3) is 0.667. The molecule has 2 aliphatic rings. The Balaban J connectivity index is 1.91. The van der Waals surface area contributed by atoms with Gasteiger partial charge in [0.2, 0.25) is 5.95 Å². The molecule has 2 aromatic heterocycles. The van der Waals surface area contributed by atoms with E-state index >= 15 is 0 Å². The molecule has 0 spiro atoms. The van der Waals surface area contributed by atoms with Gasteiger partial charge in [-0.3, -0.25) is 9.36 Å². The van der Waals surface area contributed by atoms with Crippen molar-refractivity contribution in [1.29, 1.82) is 0 Å². The third-order valence-electron chi connectivity index (χ3n) is 5.00. The highest BCUT2D eigenvalue weighted by atomic mass is 32.1. The van der Waals surface area contributed by atoms with Crippen LogP contribution in [0.4, 0.5) is 5.95 Å². The second-order valence-electron chi connectivity index (χ2n) is 7.35. The van der Waals surface area contributed by atoms with E-state index in [-0.39, 0.29) is 5.56 Å². The molecule has 2 aromatic rings. The van der Waals surface area contributed by atoms with E-state index in [0.717, 1.165) is 61.7 Å². The zero-order valence-electron chi connectivity index (χ0n) is 14.6. The molecule has 3 heterocycles. The van der Waals surface area contributed by atoms with E-state index in [1.54, 1.807) is 11.3 Å². The predicted octanol–water partition coefficient (Wildman–Crippen LogP) is 2.40. The zero-order chi connectivity index (χ0) is 16.7. The molecular weight excluding hydrogens is 320 g/mol. The molecule has 1 aliphatic carbocycles. The first-order chi connectivity index (χ1) is 11.6. The van der Waals surface area contributed by atoms with Crippen molar-refractivity contribution >= 4 is 27.5 Å².